The number of amides is 1. The third-order valence-corrected chi connectivity index (χ3v) is 2.57. The molecule has 19 heavy (non-hydrogen) atoms. The van der Waals surface area contributed by atoms with Crippen LogP contribution in [0, 0.1) is 0 Å². The standard InChI is InChI=1S/C10H6Cl2F3NO3/c11-4-1-2-5(12)8(7(4)9(18)19)16-6(17)3-10(13,14)15/h1-2H,3H2,(H,16,17)(H,18,19). The topological polar surface area (TPSA) is 66.4 Å². The van der Waals surface area contributed by atoms with Crippen molar-refractivity contribution in [3.63, 3.8) is 0 Å². The second-order valence-corrected chi connectivity index (χ2v) is 4.24. The van der Waals surface area contributed by atoms with Crippen LogP contribution < -0.4 is 5.32 Å². The molecular formula is C10H6Cl2F3NO3. The van der Waals surface area contributed by atoms with Crippen molar-refractivity contribution >= 4 is 40.8 Å². The molecule has 1 aromatic rings. The summed E-state index contributed by atoms with van der Waals surface area (Å²) in [4.78, 5) is 22.1. The zero-order valence-corrected chi connectivity index (χ0v) is 10.5. The van der Waals surface area contributed by atoms with Crippen molar-refractivity contribution in [2.24, 2.45) is 0 Å². The van der Waals surface area contributed by atoms with Gasteiger partial charge >= 0.3 is 12.1 Å². The molecule has 4 nitrogen and oxygen atoms in total. The Morgan fingerprint density at radius 2 is 1.74 bits per heavy atom. The third-order valence-electron chi connectivity index (χ3n) is 1.94. The predicted octanol–water partition coefficient (Wildman–Crippen LogP) is 3.58. The molecule has 2 N–H and O–H groups in total. The second kappa shape index (κ2) is 5.66. The van der Waals surface area contributed by atoms with Gasteiger partial charge in [0.2, 0.25) is 5.91 Å². The van der Waals surface area contributed by atoms with E-state index in [9.17, 15) is 22.8 Å². The van der Waals surface area contributed by atoms with Gasteiger partial charge in [0.15, 0.2) is 0 Å². The van der Waals surface area contributed by atoms with Gasteiger partial charge < -0.3 is 10.4 Å². The van der Waals surface area contributed by atoms with Gasteiger partial charge in [-0.2, -0.15) is 13.2 Å². The molecule has 0 saturated carbocycles. The van der Waals surface area contributed by atoms with Crippen LogP contribution in [0.15, 0.2) is 12.1 Å². The first-order valence-electron chi connectivity index (χ1n) is 4.69. The van der Waals surface area contributed by atoms with E-state index in [0.29, 0.717) is 0 Å². The van der Waals surface area contributed by atoms with E-state index in [2.05, 4.69) is 0 Å². The number of nitrogens with one attached hydrogen (secondary N) is 1. The first-order chi connectivity index (χ1) is 8.61. The van der Waals surface area contributed by atoms with E-state index in [4.69, 9.17) is 28.3 Å². The van der Waals surface area contributed by atoms with Crippen molar-refractivity contribution in [2.45, 2.75) is 12.6 Å². The highest BCUT2D eigenvalue weighted by Crippen LogP contribution is 2.32. The maximum absolute atomic E-state index is 12.0. The Bertz CT molecular complexity index is 531. The second-order valence-electron chi connectivity index (χ2n) is 3.42. The van der Waals surface area contributed by atoms with E-state index in [1.165, 1.54) is 6.07 Å². The lowest BCUT2D eigenvalue weighted by atomic mass is 10.1. The molecule has 104 valence electrons. The number of alkyl halides is 3. The van der Waals surface area contributed by atoms with Gasteiger partial charge in [0.1, 0.15) is 12.0 Å². The summed E-state index contributed by atoms with van der Waals surface area (Å²) in [6, 6.07) is 2.33. The average Bonchev–Trinajstić information content (AvgIpc) is 2.20. The third kappa shape index (κ3) is 4.29. The first-order valence-corrected chi connectivity index (χ1v) is 5.45. The molecule has 0 unspecified atom stereocenters. The van der Waals surface area contributed by atoms with E-state index in [0.717, 1.165) is 6.07 Å². The quantitative estimate of drug-likeness (QED) is 0.895. The van der Waals surface area contributed by atoms with Gasteiger partial charge in [-0.1, -0.05) is 23.2 Å². The summed E-state index contributed by atoms with van der Waals surface area (Å²) in [5.41, 5.74) is -1.03. The van der Waals surface area contributed by atoms with Crippen molar-refractivity contribution in [1.82, 2.24) is 0 Å². The van der Waals surface area contributed by atoms with E-state index in [-0.39, 0.29) is 10.0 Å². The Balaban J connectivity index is 3.10. The molecule has 1 amide bonds. The number of carbonyl (C=O) groups excluding carboxylic acids is 1. The summed E-state index contributed by atoms with van der Waals surface area (Å²) in [5.74, 6) is -2.95. The normalized spacial score (nSPS) is 11.2. The van der Waals surface area contributed by atoms with Crippen molar-refractivity contribution in [3.8, 4) is 0 Å². The summed E-state index contributed by atoms with van der Waals surface area (Å²) < 4.78 is 36.0. The maximum atomic E-state index is 12.0. The van der Waals surface area contributed by atoms with Crippen molar-refractivity contribution in [3.05, 3.63) is 27.7 Å². The van der Waals surface area contributed by atoms with Crippen molar-refractivity contribution in [2.75, 3.05) is 5.32 Å². The lowest BCUT2D eigenvalue weighted by Gasteiger charge is -2.12. The van der Waals surface area contributed by atoms with E-state index in [1.54, 1.807) is 5.32 Å². The Kier molecular flexibility index (Phi) is 4.65. The number of anilines is 1. The minimum atomic E-state index is -4.71. The molecule has 0 aromatic heterocycles. The number of halogens is 5. The Labute approximate surface area is 115 Å². The number of rotatable bonds is 3. The maximum Gasteiger partial charge on any atom is 0.397 e. The molecule has 0 spiro atoms. The Hall–Kier alpha value is -1.47. The van der Waals surface area contributed by atoms with Crippen LogP contribution in [0.1, 0.15) is 16.8 Å². The molecule has 9 heteroatoms. The number of hydrogen-bond acceptors (Lipinski definition) is 2. The molecule has 0 fully saturated rings. The first kappa shape index (κ1) is 15.6. The highest BCUT2D eigenvalue weighted by Gasteiger charge is 2.32. The molecule has 0 aliphatic heterocycles. The molecule has 0 bridgehead atoms. The van der Waals surface area contributed by atoms with E-state index in [1.807, 2.05) is 0 Å². The molecular weight excluding hydrogens is 310 g/mol. The Morgan fingerprint density at radius 3 is 2.21 bits per heavy atom. The van der Waals surface area contributed by atoms with Crippen molar-refractivity contribution in [1.29, 1.82) is 0 Å². The number of benzene rings is 1. The van der Waals surface area contributed by atoms with Crippen LogP contribution in [0.4, 0.5) is 18.9 Å². The molecule has 1 rings (SSSR count). The molecule has 0 radical (unpaired) electrons. The lowest BCUT2D eigenvalue weighted by molar-refractivity contribution is -0.150. The van der Waals surface area contributed by atoms with Crippen LogP contribution in [-0.4, -0.2) is 23.2 Å². The van der Waals surface area contributed by atoms with Crippen LogP contribution >= 0.6 is 23.2 Å². The zero-order valence-electron chi connectivity index (χ0n) is 9.02. The summed E-state index contributed by atoms with van der Waals surface area (Å²) in [6.45, 7) is 0. The van der Waals surface area contributed by atoms with Gasteiger partial charge in [0, 0.05) is 0 Å². The summed E-state index contributed by atoms with van der Waals surface area (Å²) in [6.07, 6.45) is -6.46. The fourth-order valence-corrected chi connectivity index (χ4v) is 1.69. The molecule has 0 saturated heterocycles. The van der Waals surface area contributed by atoms with Crippen LogP contribution in [0.5, 0.6) is 0 Å². The smallest absolute Gasteiger partial charge is 0.397 e. The minimum absolute atomic E-state index is 0.225. The zero-order chi connectivity index (χ0) is 14.8. The minimum Gasteiger partial charge on any atom is -0.478 e. The van der Waals surface area contributed by atoms with Gasteiger partial charge in [-0.05, 0) is 12.1 Å². The molecule has 0 atom stereocenters. The highest BCUT2D eigenvalue weighted by molar-refractivity contribution is 6.38. The van der Waals surface area contributed by atoms with Gasteiger partial charge in [-0.15, -0.1) is 0 Å². The molecule has 0 heterocycles. The Morgan fingerprint density at radius 1 is 1.21 bits per heavy atom. The largest absolute Gasteiger partial charge is 0.478 e. The monoisotopic (exact) mass is 315 g/mol. The lowest BCUT2D eigenvalue weighted by Crippen LogP contribution is -2.22. The number of carbonyl (C=O) groups is 2. The fourth-order valence-electron chi connectivity index (χ4n) is 1.25. The van der Waals surface area contributed by atoms with Gasteiger partial charge in [-0.3, -0.25) is 4.79 Å². The SMILES string of the molecule is O=C(CC(F)(F)F)Nc1c(Cl)ccc(Cl)c1C(=O)O. The molecule has 0 aliphatic rings. The van der Waals surface area contributed by atoms with Crippen molar-refractivity contribution < 1.29 is 27.9 Å². The van der Waals surface area contributed by atoms with Crippen LogP contribution in [0.2, 0.25) is 10.0 Å². The average molecular weight is 316 g/mol. The molecule has 1 aromatic carbocycles. The van der Waals surface area contributed by atoms with Gasteiger partial charge in [-0.25, -0.2) is 4.79 Å². The van der Waals surface area contributed by atoms with Crippen LogP contribution in [-0.2, 0) is 4.79 Å². The number of carboxylic acids is 1. The van der Waals surface area contributed by atoms with Gasteiger partial charge in [0.05, 0.1) is 15.7 Å². The summed E-state index contributed by atoms with van der Waals surface area (Å²) in [7, 11) is 0. The summed E-state index contributed by atoms with van der Waals surface area (Å²) >= 11 is 11.2. The van der Waals surface area contributed by atoms with E-state index < -0.39 is 35.7 Å². The van der Waals surface area contributed by atoms with E-state index >= 15 is 0 Å². The predicted molar refractivity (Wildman–Crippen MR) is 62.7 cm³/mol. The number of carboxylic acid groups (broad SMARTS) is 1. The van der Waals surface area contributed by atoms with Crippen LogP contribution in [0.3, 0.4) is 0 Å². The fraction of sp³-hybridized carbons (Fsp3) is 0.200. The molecule has 0 aliphatic carbocycles. The van der Waals surface area contributed by atoms with Crippen LogP contribution in [0.25, 0.3) is 0 Å². The number of hydrogen-bond donors (Lipinski definition) is 2. The summed E-state index contributed by atoms with van der Waals surface area (Å²) in [5, 5.41) is 10.2. The highest BCUT2D eigenvalue weighted by atomic mass is 35.5. The number of aromatic carboxylic acids is 1. The van der Waals surface area contributed by atoms with Gasteiger partial charge in [0.25, 0.3) is 0 Å².